The van der Waals surface area contributed by atoms with Crippen LogP contribution >= 0.6 is 0 Å². The average Bonchev–Trinajstić information content (AvgIpc) is 2.81. The number of aliphatic carboxylic acids is 1. The fourth-order valence-electron chi connectivity index (χ4n) is 4.04. The van der Waals surface area contributed by atoms with Crippen LogP contribution in [0, 0.1) is 5.41 Å². The summed E-state index contributed by atoms with van der Waals surface area (Å²) in [7, 11) is 4.68. The summed E-state index contributed by atoms with van der Waals surface area (Å²) in [6.45, 7) is 3.81. The van der Waals surface area contributed by atoms with Crippen LogP contribution in [-0.2, 0) is 14.4 Å². The smallest absolute Gasteiger partial charge is 0.326 e. The number of unbranched alkanes of at least 4 members (excludes halogenated alkanes) is 1. The molecule has 8 nitrogen and oxygen atoms in total. The summed E-state index contributed by atoms with van der Waals surface area (Å²) >= 11 is 0. The van der Waals surface area contributed by atoms with Gasteiger partial charge in [0.1, 0.15) is 6.04 Å². The minimum atomic E-state index is -1.05. The molecule has 0 aromatic heterocycles. The minimum Gasteiger partial charge on any atom is -0.493 e. The third-order valence-corrected chi connectivity index (χ3v) is 6.03. The molecule has 1 amide bonds. The largest absolute Gasteiger partial charge is 0.493 e. The maximum Gasteiger partial charge on any atom is 0.326 e. The van der Waals surface area contributed by atoms with E-state index >= 15 is 0 Å². The normalized spacial score (nSPS) is 16.5. The van der Waals surface area contributed by atoms with E-state index in [9.17, 15) is 19.5 Å². The molecule has 0 aliphatic carbocycles. The number of hydrogen-bond acceptors (Lipinski definition) is 6. The lowest BCUT2D eigenvalue weighted by atomic mass is 9.81. The standard InChI is InChI=1S/C25H35NO7/c1-25(2,22(27)23(28)26-14-10-8-12-18(26)24(29)30)13-9-6-7-11-17-15-19(31-3)21(33-5)20(16-17)32-4/h7,11,15-16,18H,6,8-10,12-14H2,1-5H3,(H,29,30)/b11-7+. The number of nitrogens with zero attached hydrogens (tertiary/aromatic N) is 1. The van der Waals surface area contributed by atoms with Crippen molar-refractivity contribution in [3.05, 3.63) is 23.8 Å². The predicted molar refractivity (Wildman–Crippen MR) is 125 cm³/mol. The van der Waals surface area contributed by atoms with Crippen molar-refractivity contribution in [3.63, 3.8) is 0 Å². The fourth-order valence-corrected chi connectivity index (χ4v) is 4.04. The van der Waals surface area contributed by atoms with E-state index in [0.29, 0.717) is 49.5 Å². The van der Waals surface area contributed by atoms with Gasteiger partial charge >= 0.3 is 5.97 Å². The van der Waals surface area contributed by atoms with Gasteiger partial charge < -0.3 is 24.2 Å². The summed E-state index contributed by atoms with van der Waals surface area (Å²) in [5.74, 6) is -0.589. The van der Waals surface area contributed by atoms with E-state index in [-0.39, 0.29) is 0 Å². The molecule has 0 bridgehead atoms. The zero-order chi connectivity index (χ0) is 24.6. The summed E-state index contributed by atoms with van der Waals surface area (Å²) in [5.41, 5.74) is 0.0256. The van der Waals surface area contributed by atoms with Gasteiger partial charge in [0, 0.05) is 12.0 Å². The Kier molecular flexibility index (Phi) is 9.32. The summed E-state index contributed by atoms with van der Waals surface area (Å²) in [6, 6.07) is 2.79. The van der Waals surface area contributed by atoms with Gasteiger partial charge in [0.2, 0.25) is 11.5 Å². The first-order valence-electron chi connectivity index (χ1n) is 11.2. The second-order valence-electron chi connectivity index (χ2n) is 8.81. The van der Waals surface area contributed by atoms with Crippen LogP contribution in [0.1, 0.15) is 57.9 Å². The maximum atomic E-state index is 12.9. The van der Waals surface area contributed by atoms with Crippen molar-refractivity contribution in [2.24, 2.45) is 5.41 Å². The Morgan fingerprint density at radius 3 is 2.27 bits per heavy atom. The van der Waals surface area contributed by atoms with E-state index in [1.54, 1.807) is 35.2 Å². The molecule has 1 atom stereocenters. The van der Waals surface area contributed by atoms with Crippen molar-refractivity contribution in [2.45, 2.75) is 58.4 Å². The van der Waals surface area contributed by atoms with Gasteiger partial charge in [-0.25, -0.2) is 4.79 Å². The molecule has 8 heteroatoms. The van der Waals surface area contributed by atoms with Crippen LogP contribution in [0.3, 0.4) is 0 Å². The number of Topliss-reactive ketones (excluding diaryl/α,β-unsaturated/α-hetero) is 1. The molecule has 2 rings (SSSR count). The highest BCUT2D eigenvalue weighted by molar-refractivity contribution is 6.38. The molecule has 1 N–H and O–H groups in total. The monoisotopic (exact) mass is 461 g/mol. The molecule has 1 unspecified atom stereocenters. The van der Waals surface area contributed by atoms with Crippen LogP contribution < -0.4 is 14.2 Å². The number of carboxylic acids is 1. The lowest BCUT2D eigenvalue weighted by Gasteiger charge is -2.34. The third-order valence-electron chi connectivity index (χ3n) is 6.03. The van der Waals surface area contributed by atoms with Gasteiger partial charge in [-0.3, -0.25) is 9.59 Å². The van der Waals surface area contributed by atoms with Crippen LogP contribution in [0.2, 0.25) is 0 Å². The highest BCUT2D eigenvalue weighted by Crippen LogP contribution is 2.38. The lowest BCUT2D eigenvalue weighted by Crippen LogP contribution is -2.52. The number of carbonyl (C=O) groups excluding carboxylic acids is 2. The molecule has 0 radical (unpaired) electrons. The van der Waals surface area contributed by atoms with Gasteiger partial charge in [-0.2, -0.15) is 0 Å². The number of likely N-dealkylation sites (tertiary alicyclic amines) is 1. The summed E-state index contributed by atoms with van der Waals surface area (Å²) in [4.78, 5) is 38.4. The highest BCUT2D eigenvalue weighted by atomic mass is 16.5. The summed E-state index contributed by atoms with van der Waals surface area (Å²) in [5, 5.41) is 9.40. The van der Waals surface area contributed by atoms with Gasteiger partial charge in [-0.1, -0.05) is 26.0 Å². The van der Waals surface area contributed by atoms with E-state index in [1.807, 2.05) is 24.3 Å². The van der Waals surface area contributed by atoms with E-state index < -0.39 is 29.1 Å². The molecular weight excluding hydrogens is 426 g/mol. The van der Waals surface area contributed by atoms with Crippen LogP contribution in [0.25, 0.3) is 6.08 Å². The van der Waals surface area contributed by atoms with Gasteiger partial charge in [0.25, 0.3) is 5.91 Å². The number of carbonyl (C=O) groups is 3. The molecule has 182 valence electrons. The van der Waals surface area contributed by atoms with Gasteiger partial charge in [-0.15, -0.1) is 0 Å². The predicted octanol–water partition coefficient (Wildman–Crippen LogP) is 3.96. The Morgan fingerprint density at radius 2 is 1.73 bits per heavy atom. The third kappa shape index (κ3) is 6.49. The quantitative estimate of drug-likeness (QED) is 0.393. The second-order valence-corrected chi connectivity index (χ2v) is 8.81. The molecule has 1 aromatic rings. The number of hydrogen-bond donors (Lipinski definition) is 1. The molecule has 33 heavy (non-hydrogen) atoms. The average molecular weight is 462 g/mol. The van der Waals surface area contributed by atoms with Crippen LogP contribution in [0.5, 0.6) is 17.2 Å². The van der Waals surface area contributed by atoms with Crippen molar-refractivity contribution in [2.75, 3.05) is 27.9 Å². The van der Waals surface area contributed by atoms with Gasteiger partial charge in [0.05, 0.1) is 21.3 Å². The summed E-state index contributed by atoms with van der Waals surface area (Å²) < 4.78 is 16.1. The minimum absolute atomic E-state index is 0.315. The van der Waals surface area contributed by atoms with Gasteiger partial charge in [-0.05, 0) is 56.2 Å². The van der Waals surface area contributed by atoms with Crippen molar-refractivity contribution < 1.29 is 33.7 Å². The van der Waals surface area contributed by atoms with Crippen molar-refractivity contribution in [1.29, 1.82) is 0 Å². The first kappa shape index (κ1) is 26.2. The van der Waals surface area contributed by atoms with Gasteiger partial charge in [0.15, 0.2) is 11.5 Å². The number of methoxy groups -OCH3 is 3. The topological polar surface area (TPSA) is 102 Å². The molecule has 1 aliphatic rings. The van der Waals surface area contributed by atoms with Crippen molar-refractivity contribution in [3.8, 4) is 17.2 Å². The number of allylic oxidation sites excluding steroid dienone is 1. The van der Waals surface area contributed by atoms with Crippen LogP contribution in [0.4, 0.5) is 0 Å². The van der Waals surface area contributed by atoms with E-state index in [1.165, 1.54) is 4.90 Å². The zero-order valence-electron chi connectivity index (χ0n) is 20.2. The first-order valence-corrected chi connectivity index (χ1v) is 11.2. The summed E-state index contributed by atoms with van der Waals surface area (Å²) in [6.07, 6.45) is 7.72. The van der Waals surface area contributed by atoms with Crippen molar-refractivity contribution in [1.82, 2.24) is 4.90 Å². The molecule has 0 spiro atoms. The highest BCUT2D eigenvalue weighted by Gasteiger charge is 2.40. The molecular formula is C25H35NO7. The number of benzene rings is 1. The van der Waals surface area contributed by atoms with E-state index in [2.05, 4.69) is 0 Å². The number of ketones is 1. The second kappa shape index (κ2) is 11.7. The number of piperidine rings is 1. The lowest BCUT2D eigenvalue weighted by molar-refractivity contribution is -0.158. The van der Waals surface area contributed by atoms with E-state index in [0.717, 1.165) is 18.4 Å². The SMILES string of the molecule is COc1cc(/C=C/CCCC(C)(C)C(=O)C(=O)N2CCCCC2C(=O)O)cc(OC)c1OC. The number of rotatable bonds is 11. The zero-order valence-corrected chi connectivity index (χ0v) is 20.2. The Bertz CT molecular complexity index is 866. The number of ether oxygens (including phenoxy) is 3. The molecule has 1 aromatic carbocycles. The Morgan fingerprint density at radius 1 is 1.09 bits per heavy atom. The first-order chi connectivity index (χ1) is 15.7. The maximum absolute atomic E-state index is 12.9. The molecule has 1 saturated heterocycles. The van der Waals surface area contributed by atoms with Crippen molar-refractivity contribution >= 4 is 23.7 Å². The van der Waals surface area contributed by atoms with Crippen LogP contribution in [0.15, 0.2) is 18.2 Å². The van der Waals surface area contributed by atoms with E-state index in [4.69, 9.17) is 14.2 Å². The Labute approximate surface area is 195 Å². The molecule has 1 aliphatic heterocycles. The number of amides is 1. The molecule has 0 saturated carbocycles. The molecule has 1 heterocycles. The fraction of sp³-hybridized carbons (Fsp3) is 0.560. The Balaban J connectivity index is 1.96. The number of carboxylic acid groups (broad SMARTS) is 1. The van der Waals surface area contributed by atoms with Crippen LogP contribution in [-0.4, -0.2) is 61.6 Å². The Hall–Kier alpha value is -3.03. The molecule has 1 fully saturated rings.